The molecule has 29 heavy (non-hydrogen) atoms. The Hall–Kier alpha value is -2.97. The molecule has 1 aliphatic rings. The van der Waals surface area contributed by atoms with E-state index >= 15 is 0 Å². The fraction of sp³-hybridized carbons (Fsp3) is 0.238. The van der Waals surface area contributed by atoms with Gasteiger partial charge in [-0.25, -0.2) is 22.9 Å². The molecular formula is C21H20N2O5S. The molecular weight excluding hydrogens is 392 g/mol. The van der Waals surface area contributed by atoms with Crippen LogP contribution in [0.2, 0.25) is 0 Å². The lowest BCUT2D eigenvalue weighted by Crippen LogP contribution is -2.26. The van der Waals surface area contributed by atoms with Crippen LogP contribution in [-0.2, 0) is 21.4 Å². The van der Waals surface area contributed by atoms with Gasteiger partial charge in [0.15, 0.2) is 0 Å². The number of hydrogen-bond acceptors (Lipinski definition) is 6. The quantitative estimate of drug-likeness (QED) is 0.597. The van der Waals surface area contributed by atoms with Crippen LogP contribution in [0.15, 0.2) is 64.1 Å². The second-order valence-corrected chi connectivity index (χ2v) is 8.67. The van der Waals surface area contributed by atoms with Crippen LogP contribution in [0.1, 0.15) is 34.5 Å². The largest absolute Gasteiger partial charge is 0.455 e. The van der Waals surface area contributed by atoms with E-state index < -0.39 is 16.0 Å². The average Bonchev–Trinajstić information content (AvgIpc) is 3.39. The number of nitrogens with zero attached hydrogens (tertiary/aromatic N) is 1. The number of nitrogens with one attached hydrogen (secondary N) is 1. The number of esters is 1. The van der Waals surface area contributed by atoms with Crippen molar-refractivity contribution < 1.29 is 22.4 Å². The number of rotatable bonds is 7. The zero-order chi connectivity index (χ0) is 20.4. The highest BCUT2D eigenvalue weighted by molar-refractivity contribution is 7.89. The van der Waals surface area contributed by atoms with Crippen LogP contribution in [0.3, 0.4) is 0 Å². The molecule has 1 aromatic heterocycles. The van der Waals surface area contributed by atoms with E-state index in [4.69, 9.17) is 9.15 Å². The second-order valence-electron chi connectivity index (χ2n) is 6.96. The van der Waals surface area contributed by atoms with Crippen molar-refractivity contribution >= 4 is 16.0 Å². The SMILES string of the molecule is Cc1ccc(S(=O)(=O)NC2CC2)cc1C(=O)OCc1coc(-c2ccccc2)n1. The molecule has 0 radical (unpaired) electrons. The molecule has 1 heterocycles. The van der Waals surface area contributed by atoms with Crippen molar-refractivity contribution in [1.82, 2.24) is 9.71 Å². The van der Waals surface area contributed by atoms with E-state index in [1.807, 2.05) is 30.3 Å². The summed E-state index contributed by atoms with van der Waals surface area (Å²) in [5.74, 6) is -0.178. The molecule has 1 fully saturated rings. The minimum absolute atomic E-state index is 0.0114. The Kier molecular flexibility index (Phi) is 5.21. The fourth-order valence-corrected chi connectivity index (χ4v) is 4.11. The zero-order valence-electron chi connectivity index (χ0n) is 15.8. The Morgan fingerprint density at radius 1 is 1.21 bits per heavy atom. The van der Waals surface area contributed by atoms with Crippen LogP contribution >= 0.6 is 0 Å². The standard InChI is InChI=1S/C21H20N2O5S/c1-14-7-10-18(29(25,26)23-16-8-9-16)11-19(14)21(24)28-13-17-12-27-20(22-17)15-5-3-2-4-6-15/h2-7,10-12,16,23H,8-9,13H2,1H3. The molecule has 1 saturated carbocycles. The number of aryl methyl sites for hydroxylation is 1. The maximum Gasteiger partial charge on any atom is 0.338 e. The normalized spacial score (nSPS) is 14.0. The number of ether oxygens (including phenoxy) is 1. The van der Waals surface area contributed by atoms with Crippen molar-refractivity contribution in [2.24, 2.45) is 0 Å². The number of oxazole rings is 1. The highest BCUT2D eigenvalue weighted by Crippen LogP contribution is 2.24. The summed E-state index contributed by atoms with van der Waals surface area (Å²) in [5.41, 5.74) is 2.12. The Labute approximate surface area is 168 Å². The van der Waals surface area contributed by atoms with Gasteiger partial charge in [-0.1, -0.05) is 24.3 Å². The summed E-state index contributed by atoms with van der Waals surface area (Å²) in [7, 11) is -3.65. The van der Waals surface area contributed by atoms with E-state index in [-0.39, 0.29) is 23.1 Å². The molecule has 0 aliphatic heterocycles. The predicted octanol–water partition coefficient (Wildman–Crippen LogP) is 3.45. The number of aromatic nitrogens is 1. The molecule has 7 nitrogen and oxygen atoms in total. The molecule has 0 bridgehead atoms. The van der Waals surface area contributed by atoms with Gasteiger partial charge in [-0.15, -0.1) is 0 Å². The summed E-state index contributed by atoms with van der Waals surface area (Å²) in [4.78, 5) is 16.9. The Morgan fingerprint density at radius 3 is 2.69 bits per heavy atom. The topological polar surface area (TPSA) is 98.5 Å². The molecule has 4 rings (SSSR count). The first-order chi connectivity index (χ1) is 13.9. The van der Waals surface area contributed by atoms with Crippen LogP contribution in [0.4, 0.5) is 0 Å². The third kappa shape index (κ3) is 4.55. The average molecular weight is 412 g/mol. The van der Waals surface area contributed by atoms with Gasteiger partial charge < -0.3 is 9.15 Å². The predicted molar refractivity (Wildman–Crippen MR) is 106 cm³/mol. The molecule has 2 aromatic carbocycles. The third-order valence-electron chi connectivity index (χ3n) is 4.56. The van der Waals surface area contributed by atoms with E-state index in [0.29, 0.717) is 17.1 Å². The molecule has 1 aliphatic carbocycles. The molecule has 8 heteroatoms. The Balaban J connectivity index is 1.46. The summed E-state index contributed by atoms with van der Waals surface area (Å²) >= 11 is 0. The van der Waals surface area contributed by atoms with Crippen LogP contribution in [0, 0.1) is 6.92 Å². The molecule has 0 saturated heterocycles. The molecule has 3 aromatic rings. The maximum absolute atomic E-state index is 12.5. The Morgan fingerprint density at radius 2 is 1.97 bits per heavy atom. The highest BCUT2D eigenvalue weighted by atomic mass is 32.2. The zero-order valence-corrected chi connectivity index (χ0v) is 16.6. The van der Waals surface area contributed by atoms with Crippen LogP contribution in [0.25, 0.3) is 11.5 Å². The van der Waals surface area contributed by atoms with E-state index in [9.17, 15) is 13.2 Å². The number of sulfonamides is 1. The fourth-order valence-electron chi connectivity index (χ4n) is 2.78. The van der Waals surface area contributed by atoms with E-state index in [0.717, 1.165) is 18.4 Å². The minimum atomic E-state index is -3.65. The second kappa shape index (κ2) is 7.81. The number of carbonyl (C=O) groups excluding carboxylic acids is 1. The molecule has 0 amide bonds. The van der Waals surface area contributed by atoms with Gasteiger partial charge in [-0.05, 0) is 49.6 Å². The summed E-state index contributed by atoms with van der Waals surface area (Å²) in [5, 5.41) is 0. The first-order valence-corrected chi connectivity index (χ1v) is 10.7. The summed E-state index contributed by atoms with van der Waals surface area (Å²) < 4.78 is 38.2. The van der Waals surface area contributed by atoms with Crippen molar-refractivity contribution in [2.45, 2.75) is 37.3 Å². The number of hydrogen-bond donors (Lipinski definition) is 1. The molecule has 1 N–H and O–H groups in total. The van der Waals surface area contributed by atoms with E-state index in [1.165, 1.54) is 18.4 Å². The lowest BCUT2D eigenvalue weighted by atomic mass is 10.1. The smallest absolute Gasteiger partial charge is 0.338 e. The molecule has 0 unspecified atom stereocenters. The van der Waals surface area contributed by atoms with Crippen LogP contribution < -0.4 is 4.72 Å². The van der Waals surface area contributed by atoms with E-state index in [1.54, 1.807) is 13.0 Å². The Bertz CT molecular complexity index is 1130. The molecule has 150 valence electrons. The van der Waals surface area contributed by atoms with Gasteiger partial charge in [0, 0.05) is 11.6 Å². The first kappa shape index (κ1) is 19.4. The van der Waals surface area contributed by atoms with Crippen molar-refractivity contribution in [3.8, 4) is 11.5 Å². The highest BCUT2D eigenvalue weighted by Gasteiger charge is 2.28. The van der Waals surface area contributed by atoms with Crippen molar-refractivity contribution in [3.05, 3.63) is 71.6 Å². The lowest BCUT2D eigenvalue weighted by molar-refractivity contribution is 0.0466. The van der Waals surface area contributed by atoms with E-state index in [2.05, 4.69) is 9.71 Å². The third-order valence-corrected chi connectivity index (χ3v) is 6.08. The summed E-state index contributed by atoms with van der Waals surface area (Å²) in [6.45, 7) is 1.65. The molecule has 0 spiro atoms. The van der Waals surface area contributed by atoms with Gasteiger partial charge >= 0.3 is 5.97 Å². The van der Waals surface area contributed by atoms with Crippen LogP contribution in [0.5, 0.6) is 0 Å². The van der Waals surface area contributed by atoms with Crippen molar-refractivity contribution in [1.29, 1.82) is 0 Å². The van der Waals surface area contributed by atoms with Gasteiger partial charge in [-0.3, -0.25) is 0 Å². The van der Waals surface area contributed by atoms with Crippen molar-refractivity contribution in [3.63, 3.8) is 0 Å². The number of carbonyl (C=O) groups is 1. The number of benzene rings is 2. The minimum Gasteiger partial charge on any atom is -0.455 e. The van der Waals surface area contributed by atoms with Gasteiger partial charge in [0.25, 0.3) is 0 Å². The van der Waals surface area contributed by atoms with Gasteiger partial charge in [0.1, 0.15) is 18.6 Å². The molecule has 0 atom stereocenters. The van der Waals surface area contributed by atoms with Crippen LogP contribution in [-0.4, -0.2) is 25.4 Å². The summed E-state index contributed by atoms with van der Waals surface area (Å²) in [6.07, 6.45) is 3.11. The maximum atomic E-state index is 12.5. The van der Waals surface area contributed by atoms with Gasteiger partial charge in [0.05, 0.1) is 10.5 Å². The first-order valence-electron chi connectivity index (χ1n) is 9.22. The lowest BCUT2D eigenvalue weighted by Gasteiger charge is -2.10. The van der Waals surface area contributed by atoms with Gasteiger partial charge in [0.2, 0.25) is 15.9 Å². The summed E-state index contributed by atoms with van der Waals surface area (Å²) in [6, 6.07) is 13.8. The monoisotopic (exact) mass is 412 g/mol. The van der Waals surface area contributed by atoms with Gasteiger partial charge in [-0.2, -0.15) is 0 Å². The van der Waals surface area contributed by atoms with Crippen molar-refractivity contribution in [2.75, 3.05) is 0 Å².